The van der Waals surface area contributed by atoms with Crippen molar-refractivity contribution in [2.24, 2.45) is 0 Å². The topological polar surface area (TPSA) is 52.6 Å². The van der Waals surface area contributed by atoms with Crippen LogP contribution < -0.4 is 5.32 Å². The molecule has 1 unspecified atom stereocenters. The van der Waals surface area contributed by atoms with Crippen molar-refractivity contribution < 1.29 is 9.90 Å². The van der Waals surface area contributed by atoms with E-state index >= 15 is 0 Å². The first kappa shape index (κ1) is 16.0. The molecule has 1 saturated heterocycles. The summed E-state index contributed by atoms with van der Waals surface area (Å²) in [5.41, 5.74) is 4.81. The molecule has 2 rings (SSSR count). The summed E-state index contributed by atoms with van der Waals surface area (Å²) in [6.45, 7) is 10.8. The molecular formula is C17H26N2O2. The quantitative estimate of drug-likeness (QED) is 0.889. The fraction of sp³-hybridized carbons (Fsp3) is 0.588. The number of carbonyl (C=O) groups is 1. The average Bonchev–Trinajstić information content (AvgIpc) is 2.37. The van der Waals surface area contributed by atoms with Gasteiger partial charge in [0, 0.05) is 25.7 Å². The van der Waals surface area contributed by atoms with Gasteiger partial charge in [0.1, 0.15) is 6.04 Å². The lowest BCUT2D eigenvalue weighted by Crippen LogP contribution is -2.55. The highest BCUT2D eigenvalue weighted by Gasteiger charge is 2.29. The van der Waals surface area contributed by atoms with Gasteiger partial charge in [-0.15, -0.1) is 0 Å². The smallest absolute Gasteiger partial charge is 0.321 e. The second-order valence-corrected chi connectivity index (χ2v) is 6.29. The summed E-state index contributed by atoms with van der Waals surface area (Å²) < 4.78 is 0. The van der Waals surface area contributed by atoms with Gasteiger partial charge in [0.05, 0.1) is 0 Å². The molecule has 0 spiro atoms. The van der Waals surface area contributed by atoms with Gasteiger partial charge in [-0.05, 0) is 50.8 Å². The van der Waals surface area contributed by atoms with Crippen molar-refractivity contribution in [3.8, 4) is 0 Å². The van der Waals surface area contributed by atoms with E-state index in [-0.39, 0.29) is 0 Å². The third-order valence-electron chi connectivity index (χ3n) is 4.36. The molecule has 0 aliphatic carbocycles. The largest absolute Gasteiger partial charge is 0.480 e. The predicted molar refractivity (Wildman–Crippen MR) is 84.8 cm³/mol. The summed E-state index contributed by atoms with van der Waals surface area (Å²) in [4.78, 5) is 13.8. The highest BCUT2D eigenvalue weighted by atomic mass is 16.4. The van der Waals surface area contributed by atoms with E-state index in [9.17, 15) is 9.90 Å². The highest BCUT2D eigenvalue weighted by Crippen LogP contribution is 2.20. The Morgan fingerprint density at radius 2 is 2.00 bits per heavy atom. The number of nitrogens with zero attached hydrogens (tertiary/aromatic N) is 1. The second kappa shape index (κ2) is 6.58. The SMILES string of the molecule is Cc1cc(C)c(CC(C(=O)O)N2CCN[C@@H](C)C2)c(C)c1. The zero-order valence-corrected chi connectivity index (χ0v) is 13.4. The number of aryl methyl sites for hydroxylation is 3. The van der Waals surface area contributed by atoms with E-state index in [4.69, 9.17) is 0 Å². The van der Waals surface area contributed by atoms with Crippen LogP contribution in [0.3, 0.4) is 0 Å². The molecule has 1 aromatic carbocycles. The Hall–Kier alpha value is -1.39. The number of carboxylic acids is 1. The number of rotatable bonds is 4. The van der Waals surface area contributed by atoms with Gasteiger partial charge in [-0.3, -0.25) is 9.69 Å². The van der Waals surface area contributed by atoms with Crippen LogP contribution in [0.15, 0.2) is 12.1 Å². The maximum absolute atomic E-state index is 11.7. The van der Waals surface area contributed by atoms with Crippen LogP contribution in [0.5, 0.6) is 0 Å². The van der Waals surface area contributed by atoms with Gasteiger partial charge in [-0.25, -0.2) is 0 Å². The number of carboxylic acid groups (broad SMARTS) is 1. The van der Waals surface area contributed by atoms with Gasteiger partial charge in [-0.2, -0.15) is 0 Å². The molecule has 2 N–H and O–H groups in total. The minimum absolute atomic E-state index is 0.348. The van der Waals surface area contributed by atoms with Crippen molar-refractivity contribution in [1.82, 2.24) is 10.2 Å². The van der Waals surface area contributed by atoms with E-state index in [1.165, 1.54) is 22.3 Å². The summed E-state index contributed by atoms with van der Waals surface area (Å²) in [5, 5.41) is 13.0. The van der Waals surface area contributed by atoms with Crippen LogP contribution in [-0.4, -0.2) is 47.7 Å². The first-order valence-electron chi connectivity index (χ1n) is 7.65. The Morgan fingerprint density at radius 1 is 1.38 bits per heavy atom. The molecule has 4 heteroatoms. The third kappa shape index (κ3) is 3.83. The number of piperazine rings is 1. The van der Waals surface area contributed by atoms with Crippen molar-refractivity contribution in [2.45, 2.75) is 46.2 Å². The molecule has 0 amide bonds. The third-order valence-corrected chi connectivity index (χ3v) is 4.36. The molecule has 4 nitrogen and oxygen atoms in total. The maximum atomic E-state index is 11.7. The van der Waals surface area contributed by atoms with Crippen LogP contribution in [0, 0.1) is 20.8 Å². The molecule has 1 aliphatic rings. The Morgan fingerprint density at radius 3 is 2.52 bits per heavy atom. The van der Waals surface area contributed by atoms with Crippen molar-refractivity contribution in [1.29, 1.82) is 0 Å². The maximum Gasteiger partial charge on any atom is 0.321 e. The number of hydrogen-bond donors (Lipinski definition) is 2. The second-order valence-electron chi connectivity index (χ2n) is 6.29. The molecule has 21 heavy (non-hydrogen) atoms. The minimum atomic E-state index is -0.719. The first-order valence-corrected chi connectivity index (χ1v) is 7.65. The lowest BCUT2D eigenvalue weighted by atomic mass is 9.93. The molecule has 116 valence electrons. The molecule has 1 aliphatic heterocycles. The molecular weight excluding hydrogens is 264 g/mol. The fourth-order valence-corrected chi connectivity index (χ4v) is 3.34. The molecule has 1 fully saturated rings. The normalized spacial score (nSPS) is 21.2. The predicted octanol–water partition coefficient (Wildman–Crippen LogP) is 1.90. The van der Waals surface area contributed by atoms with Crippen LogP contribution >= 0.6 is 0 Å². The molecule has 0 saturated carbocycles. The van der Waals surface area contributed by atoms with Crippen molar-refractivity contribution in [3.05, 3.63) is 34.4 Å². The highest BCUT2D eigenvalue weighted by molar-refractivity contribution is 5.74. The van der Waals surface area contributed by atoms with E-state index < -0.39 is 12.0 Å². The Labute approximate surface area is 127 Å². The molecule has 2 atom stereocenters. The number of hydrogen-bond acceptors (Lipinski definition) is 3. The molecule has 0 radical (unpaired) electrons. The van der Waals surface area contributed by atoms with Gasteiger partial charge in [0.2, 0.25) is 0 Å². The van der Waals surface area contributed by atoms with Crippen molar-refractivity contribution in [3.63, 3.8) is 0 Å². The van der Waals surface area contributed by atoms with Crippen LogP contribution in [-0.2, 0) is 11.2 Å². The van der Waals surface area contributed by atoms with E-state index in [0.717, 1.165) is 19.6 Å². The van der Waals surface area contributed by atoms with E-state index in [0.29, 0.717) is 12.5 Å². The Balaban J connectivity index is 2.23. The van der Waals surface area contributed by atoms with Gasteiger partial charge < -0.3 is 10.4 Å². The van der Waals surface area contributed by atoms with E-state index in [2.05, 4.69) is 50.0 Å². The van der Waals surface area contributed by atoms with Gasteiger partial charge in [-0.1, -0.05) is 17.7 Å². The summed E-state index contributed by atoms with van der Waals surface area (Å²) >= 11 is 0. The van der Waals surface area contributed by atoms with Gasteiger partial charge in [0.25, 0.3) is 0 Å². The lowest BCUT2D eigenvalue weighted by Gasteiger charge is -2.36. The van der Waals surface area contributed by atoms with Gasteiger partial charge in [0.15, 0.2) is 0 Å². The lowest BCUT2D eigenvalue weighted by molar-refractivity contribution is -0.143. The zero-order valence-electron chi connectivity index (χ0n) is 13.4. The Bertz CT molecular complexity index is 505. The Kier molecular flexibility index (Phi) is 5.01. The summed E-state index contributed by atoms with van der Waals surface area (Å²) in [5.74, 6) is -0.719. The summed E-state index contributed by atoms with van der Waals surface area (Å²) in [6, 6.07) is 4.19. The molecule has 0 aromatic heterocycles. The van der Waals surface area contributed by atoms with Crippen molar-refractivity contribution in [2.75, 3.05) is 19.6 Å². The number of aliphatic carboxylic acids is 1. The molecule has 0 bridgehead atoms. The zero-order chi connectivity index (χ0) is 15.6. The number of benzene rings is 1. The minimum Gasteiger partial charge on any atom is -0.480 e. The average molecular weight is 290 g/mol. The van der Waals surface area contributed by atoms with Crippen LogP contribution in [0.4, 0.5) is 0 Å². The van der Waals surface area contributed by atoms with Gasteiger partial charge >= 0.3 is 5.97 Å². The fourth-order valence-electron chi connectivity index (χ4n) is 3.34. The number of nitrogens with one attached hydrogen (secondary N) is 1. The summed E-state index contributed by atoms with van der Waals surface area (Å²) in [7, 11) is 0. The standard InChI is InChI=1S/C17H26N2O2/c1-11-7-12(2)15(13(3)8-11)9-16(17(20)21)19-6-5-18-14(4)10-19/h7-8,14,16,18H,5-6,9-10H2,1-4H3,(H,20,21)/t14-,16?/m0/s1. The van der Waals surface area contributed by atoms with Crippen LogP contribution in [0.2, 0.25) is 0 Å². The molecule has 1 aromatic rings. The van der Waals surface area contributed by atoms with Crippen LogP contribution in [0.25, 0.3) is 0 Å². The monoisotopic (exact) mass is 290 g/mol. The van der Waals surface area contributed by atoms with Crippen LogP contribution in [0.1, 0.15) is 29.2 Å². The molecule has 1 heterocycles. The van der Waals surface area contributed by atoms with E-state index in [1.54, 1.807) is 0 Å². The van der Waals surface area contributed by atoms with E-state index in [1.807, 2.05) is 0 Å². The first-order chi connectivity index (χ1) is 9.88. The van der Waals surface area contributed by atoms with Crippen molar-refractivity contribution >= 4 is 5.97 Å². The summed E-state index contributed by atoms with van der Waals surface area (Å²) in [6.07, 6.45) is 0.583.